The molecule has 24 heavy (non-hydrogen) atoms. The topological polar surface area (TPSA) is 59.1 Å². The molecule has 1 atom stereocenters. The Hall–Kier alpha value is -1.60. The van der Waals surface area contributed by atoms with Gasteiger partial charge in [-0.2, -0.15) is 0 Å². The van der Waals surface area contributed by atoms with E-state index in [0.717, 1.165) is 4.47 Å². The molecular weight excluding hydrogens is 376 g/mol. The minimum Gasteiger partial charge on any atom is -0.475 e. The number of anilines is 1. The van der Waals surface area contributed by atoms with Crippen LogP contribution in [0, 0.1) is 0 Å². The van der Waals surface area contributed by atoms with Crippen LogP contribution in [0.25, 0.3) is 0 Å². The van der Waals surface area contributed by atoms with Crippen LogP contribution < -0.4 is 9.64 Å². The molecule has 0 saturated heterocycles. The highest BCUT2D eigenvalue weighted by atomic mass is 79.9. The molecule has 0 aromatic heterocycles. The number of carbonyl (C=O) groups is 2. The molecule has 0 radical (unpaired) electrons. The predicted octanol–water partition coefficient (Wildman–Crippen LogP) is 2.45. The fourth-order valence-corrected chi connectivity index (χ4v) is 2.97. The lowest BCUT2D eigenvalue weighted by molar-refractivity contribution is -0.143. The predicted molar refractivity (Wildman–Crippen MR) is 95.3 cm³/mol. The molecule has 7 heteroatoms. The third-order valence-electron chi connectivity index (χ3n) is 3.96. The Morgan fingerprint density at radius 3 is 2.75 bits per heavy atom. The largest absolute Gasteiger partial charge is 0.475 e. The number of hydrogen-bond donors (Lipinski definition) is 0. The number of benzene rings is 1. The lowest BCUT2D eigenvalue weighted by Crippen LogP contribution is -2.56. The van der Waals surface area contributed by atoms with Crippen LogP contribution in [-0.4, -0.2) is 56.7 Å². The van der Waals surface area contributed by atoms with Crippen molar-refractivity contribution in [3.05, 3.63) is 22.7 Å². The number of nitrogens with zero attached hydrogens (tertiary/aromatic N) is 2. The van der Waals surface area contributed by atoms with Crippen molar-refractivity contribution < 1.29 is 19.1 Å². The second-order valence-corrected chi connectivity index (χ2v) is 7.13. The molecule has 0 bridgehead atoms. The van der Waals surface area contributed by atoms with Gasteiger partial charge in [0.15, 0.2) is 5.60 Å². The second kappa shape index (κ2) is 7.53. The lowest BCUT2D eigenvalue weighted by Gasteiger charge is -2.40. The number of fused-ring (bicyclic) bond motifs is 1. The molecule has 1 aliphatic heterocycles. The first-order valence-electron chi connectivity index (χ1n) is 7.78. The number of carbonyl (C=O) groups excluding carboxylic acids is 2. The van der Waals surface area contributed by atoms with Gasteiger partial charge >= 0.3 is 0 Å². The normalized spacial score (nSPS) is 19.7. The van der Waals surface area contributed by atoms with E-state index in [1.54, 1.807) is 33.0 Å². The zero-order chi connectivity index (χ0) is 17.9. The van der Waals surface area contributed by atoms with Gasteiger partial charge < -0.3 is 19.3 Å². The van der Waals surface area contributed by atoms with Crippen LogP contribution in [0.4, 0.5) is 5.69 Å². The Bertz CT molecular complexity index is 635. The number of rotatable bonds is 6. The van der Waals surface area contributed by atoms with E-state index in [9.17, 15) is 9.59 Å². The molecule has 1 heterocycles. The van der Waals surface area contributed by atoms with Crippen molar-refractivity contribution in [1.29, 1.82) is 0 Å². The molecule has 0 spiro atoms. The second-order valence-electron chi connectivity index (χ2n) is 6.21. The molecule has 1 aliphatic rings. The summed E-state index contributed by atoms with van der Waals surface area (Å²) < 4.78 is 11.9. The maximum absolute atomic E-state index is 13.0. The van der Waals surface area contributed by atoms with Crippen LogP contribution in [0.1, 0.15) is 19.8 Å². The highest BCUT2D eigenvalue weighted by Gasteiger charge is 2.46. The number of methoxy groups -OCH3 is 1. The smallest absolute Gasteiger partial charge is 0.271 e. The van der Waals surface area contributed by atoms with Crippen molar-refractivity contribution in [3.8, 4) is 5.75 Å². The van der Waals surface area contributed by atoms with Crippen molar-refractivity contribution in [2.75, 3.05) is 39.3 Å². The van der Waals surface area contributed by atoms with Crippen molar-refractivity contribution in [2.24, 2.45) is 0 Å². The van der Waals surface area contributed by atoms with Crippen LogP contribution in [0.3, 0.4) is 0 Å². The SMILES string of the molecule is COCCCN1C(=O)C(C)(CC(=O)N(C)C)Oc2ccc(Br)cc21. The molecule has 0 N–H and O–H groups in total. The standard InChI is InChI=1S/C17H23BrN2O4/c1-17(11-15(21)19(2)3)16(22)20(8-5-9-23-4)13-10-12(18)6-7-14(13)24-17/h6-7,10H,5,8-9,11H2,1-4H3. The summed E-state index contributed by atoms with van der Waals surface area (Å²) in [5.74, 6) is 0.243. The van der Waals surface area contributed by atoms with Crippen LogP contribution in [0.2, 0.25) is 0 Å². The van der Waals surface area contributed by atoms with Crippen molar-refractivity contribution in [3.63, 3.8) is 0 Å². The van der Waals surface area contributed by atoms with E-state index >= 15 is 0 Å². The third-order valence-corrected chi connectivity index (χ3v) is 4.46. The van der Waals surface area contributed by atoms with Gasteiger partial charge in [-0.3, -0.25) is 9.59 Å². The van der Waals surface area contributed by atoms with E-state index in [4.69, 9.17) is 9.47 Å². The number of hydrogen-bond acceptors (Lipinski definition) is 4. The van der Waals surface area contributed by atoms with E-state index in [1.807, 2.05) is 18.2 Å². The summed E-state index contributed by atoms with van der Waals surface area (Å²) in [6.45, 7) is 2.73. The van der Waals surface area contributed by atoms with Crippen LogP contribution in [-0.2, 0) is 14.3 Å². The highest BCUT2D eigenvalue weighted by Crippen LogP contribution is 2.40. The van der Waals surface area contributed by atoms with Gasteiger partial charge in [0.25, 0.3) is 5.91 Å². The van der Waals surface area contributed by atoms with Gasteiger partial charge in [-0.25, -0.2) is 0 Å². The Kier molecular flexibility index (Phi) is 5.87. The zero-order valence-electron chi connectivity index (χ0n) is 14.5. The summed E-state index contributed by atoms with van der Waals surface area (Å²) in [7, 11) is 4.96. The van der Waals surface area contributed by atoms with Gasteiger partial charge in [0, 0.05) is 38.8 Å². The van der Waals surface area contributed by atoms with Crippen LogP contribution in [0.5, 0.6) is 5.75 Å². The average Bonchev–Trinajstić information content (AvgIpc) is 2.52. The summed E-state index contributed by atoms with van der Waals surface area (Å²) in [5.41, 5.74) is -0.504. The quantitative estimate of drug-likeness (QED) is 0.690. The lowest BCUT2D eigenvalue weighted by atomic mass is 9.96. The molecule has 1 aromatic carbocycles. The van der Waals surface area contributed by atoms with Gasteiger partial charge in [-0.05, 0) is 31.5 Å². The van der Waals surface area contributed by atoms with Crippen LogP contribution in [0.15, 0.2) is 22.7 Å². The van der Waals surface area contributed by atoms with Crippen LogP contribution >= 0.6 is 15.9 Å². The minimum absolute atomic E-state index is 0.00485. The average molecular weight is 399 g/mol. The van der Waals surface area contributed by atoms with E-state index in [1.165, 1.54) is 4.90 Å². The van der Waals surface area contributed by atoms with Gasteiger partial charge in [-0.1, -0.05) is 15.9 Å². The first-order valence-corrected chi connectivity index (χ1v) is 8.57. The molecule has 2 rings (SSSR count). The maximum atomic E-state index is 13.0. The molecule has 6 nitrogen and oxygen atoms in total. The zero-order valence-corrected chi connectivity index (χ0v) is 16.1. The summed E-state index contributed by atoms with van der Waals surface area (Å²) in [4.78, 5) is 28.3. The third kappa shape index (κ3) is 3.89. The fraction of sp³-hybridized carbons (Fsp3) is 0.529. The Morgan fingerprint density at radius 1 is 1.42 bits per heavy atom. The number of ether oxygens (including phenoxy) is 2. The van der Waals surface area contributed by atoms with Crippen molar-refractivity contribution >= 4 is 33.4 Å². The first-order chi connectivity index (χ1) is 11.3. The van der Waals surface area contributed by atoms with E-state index in [-0.39, 0.29) is 18.2 Å². The summed E-state index contributed by atoms with van der Waals surface area (Å²) in [6.07, 6.45) is 0.695. The van der Waals surface area contributed by atoms with Crippen molar-refractivity contribution in [1.82, 2.24) is 4.90 Å². The molecule has 0 fully saturated rings. The molecule has 1 aromatic rings. The van der Waals surface area contributed by atoms with Gasteiger partial charge in [-0.15, -0.1) is 0 Å². The van der Waals surface area contributed by atoms with E-state index in [0.29, 0.717) is 31.0 Å². The molecule has 0 aliphatic carbocycles. The number of halogens is 1. The molecule has 2 amide bonds. The van der Waals surface area contributed by atoms with Crippen molar-refractivity contribution in [2.45, 2.75) is 25.4 Å². The summed E-state index contributed by atoms with van der Waals surface area (Å²) >= 11 is 3.43. The Balaban J connectivity index is 2.35. The molecule has 132 valence electrons. The summed E-state index contributed by atoms with van der Waals surface area (Å²) in [5, 5.41) is 0. The van der Waals surface area contributed by atoms with Gasteiger partial charge in [0.1, 0.15) is 5.75 Å². The van der Waals surface area contributed by atoms with E-state index < -0.39 is 5.60 Å². The monoisotopic (exact) mass is 398 g/mol. The molecule has 0 saturated carbocycles. The summed E-state index contributed by atoms with van der Waals surface area (Å²) in [6, 6.07) is 5.52. The molecule has 1 unspecified atom stereocenters. The molecular formula is C17H23BrN2O4. The Labute approximate surface area is 150 Å². The van der Waals surface area contributed by atoms with E-state index in [2.05, 4.69) is 15.9 Å². The Morgan fingerprint density at radius 2 is 2.12 bits per heavy atom. The number of amides is 2. The highest BCUT2D eigenvalue weighted by molar-refractivity contribution is 9.10. The maximum Gasteiger partial charge on any atom is 0.271 e. The van der Waals surface area contributed by atoms with Gasteiger partial charge in [0.05, 0.1) is 12.1 Å². The fourth-order valence-electron chi connectivity index (χ4n) is 2.62. The van der Waals surface area contributed by atoms with Gasteiger partial charge in [0.2, 0.25) is 5.91 Å². The minimum atomic E-state index is -1.21. The first kappa shape index (κ1) is 18.7.